The molecule has 0 radical (unpaired) electrons. The Morgan fingerprint density at radius 3 is 2.88 bits per heavy atom. The summed E-state index contributed by atoms with van der Waals surface area (Å²) >= 11 is 1.43. The number of ether oxygens (including phenoxy) is 1. The molecule has 0 aromatic carbocycles. The Hall–Kier alpha value is -1.34. The molecule has 0 unspecified atom stereocenters. The summed E-state index contributed by atoms with van der Waals surface area (Å²) in [5, 5.41) is 10.7. The van der Waals surface area contributed by atoms with Gasteiger partial charge in [-0.3, -0.25) is 10.1 Å². The van der Waals surface area contributed by atoms with E-state index in [1.165, 1.54) is 17.8 Å². The van der Waals surface area contributed by atoms with Gasteiger partial charge >= 0.3 is 5.91 Å². The molecule has 0 saturated carbocycles. The van der Waals surface area contributed by atoms with Crippen molar-refractivity contribution in [3.63, 3.8) is 0 Å². The van der Waals surface area contributed by atoms with Crippen LogP contribution in [0.2, 0.25) is 0 Å². The summed E-state index contributed by atoms with van der Waals surface area (Å²) in [5.74, 6) is -0.0967. The Balaban J connectivity index is 1.91. The van der Waals surface area contributed by atoms with Gasteiger partial charge in [0.05, 0.1) is 13.2 Å². The molecule has 1 aromatic heterocycles. The highest BCUT2D eigenvalue weighted by molar-refractivity contribution is 7.99. The lowest BCUT2D eigenvalue weighted by Gasteiger charge is -2.24. The number of rotatable bonds is 4. The highest BCUT2D eigenvalue weighted by atomic mass is 32.2. The van der Waals surface area contributed by atoms with E-state index in [0.29, 0.717) is 11.0 Å². The third kappa shape index (κ3) is 2.42. The predicted octanol–water partition coefficient (Wildman–Crippen LogP) is 1.43. The van der Waals surface area contributed by atoms with Crippen LogP contribution < -0.4 is 0 Å². The minimum absolute atomic E-state index is 0.225. The first kappa shape index (κ1) is 11.2. The molecular weight excluding hydrogens is 234 g/mol. The zero-order valence-corrected chi connectivity index (χ0v) is 9.07. The molecule has 86 valence electrons. The second-order valence-electron chi connectivity index (χ2n) is 3.40. The van der Waals surface area contributed by atoms with Gasteiger partial charge in [-0.05, 0) is 12.1 Å². The van der Waals surface area contributed by atoms with Gasteiger partial charge in [-0.2, -0.15) is 0 Å². The average molecular weight is 243 g/mol. The van der Waals surface area contributed by atoms with Gasteiger partial charge in [-0.15, -0.1) is 0 Å². The molecular formula is C9H9NO5S. The number of nitro groups is 1. The van der Waals surface area contributed by atoms with Crippen LogP contribution in [0, 0.1) is 16.0 Å². The molecule has 1 fully saturated rings. The molecule has 0 aliphatic carbocycles. The van der Waals surface area contributed by atoms with Crippen LogP contribution in [-0.4, -0.2) is 29.8 Å². The summed E-state index contributed by atoms with van der Waals surface area (Å²) in [6.07, 6.45) is 0. The predicted molar refractivity (Wildman–Crippen MR) is 55.1 cm³/mol. The van der Waals surface area contributed by atoms with Crippen LogP contribution in [0.15, 0.2) is 21.6 Å². The van der Waals surface area contributed by atoms with Crippen molar-refractivity contribution in [2.45, 2.75) is 5.09 Å². The Morgan fingerprint density at radius 1 is 1.56 bits per heavy atom. The molecule has 2 heterocycles. The van der Waals surface area contributed by atoms with E-state index in [2.05, 4.69) is 0 Å². The number of carbonyl (C=O) groups excluding carboxylic acids is 1. The lowest BCUT2D eigenvalue weighted by Crippen LogP contribution is -2.29. The van der Waals surface area contributed by atoms with Crippen molar-refractivity contribution in [3.05, 3.63) is 28.0 Å². The minimum atomic E-state index is -1.21. The zero-order valence-electron chi connectivity index (χ0n) is 8.25. The molecule has 0 bridgehead atoms. The minimum Gasteiger partial charge on any atom is -0.439 e. The fourth-order valence-corrected chi connectivity index (χ4v) is 2.09. The van der Waals surface area contributed by atoms with Crippen molar-refractivity contribution in [3.8, 4) is 0 Å². The Labute approximate surface area is 95.1 Å². The van der Waals surface area contributed by atoms with E-state index in [4.69, 9.17) is 9.15 Å². The molecule has 1 aliphatic rings. The van der Waals surface area contributed by atoms with E-state index < -0.39 is 10.8 Å². The van der Waals surface area contributed by atoms with Crippen LogP contribution >= 0.6 is 11.8 Å². The Morgan fingerprint density at radius 2 is 2.31 bits per heavy atom. The quantitative estimate of drug-likeness (QED) is 0.452. The lowest BCUT2D eigenvalue weighted by atomic mass is 10.1. The first-order chi connectivity index (χ1) is 7.66. The van der Waals surface area contributed by atoms with Crippen molar-refractivity contribution in [2.75, 3.05) is 19.0 Å². The van der Waals surface area contributed by atoms with E-state index in [9.17, 15) is 14.9 Å². The molecule has 0 spiro atoms. The summed E-state index contributed by atoms with van der Waals surface area (Å²) in [5.41, 5.74) is 0. The normalized spacial score (nSPS) is 15.8. The summed E-state index contributed by atoms with van der Waals surface area (Å²) in [6, 6.07) is 2.89. The molecule has 0 N–H and O–H groups in total. The molecule has 1 saturated heterocycles. The van der Waals surface area contributed by atoms with E-state index in [-0.39, 0.29) is 5.76 Å². The fourth-order valence-electron chi connectivity index (χ4n) is 1.18. The molecule has 1 aromatic rings. The highest BCUT2D eigenvalue weighted by Crippen LogP contribution is 2.26. The van der Waals surface area contributed by atoms with E-state index in [1.54, 1.807) is 6.07 Å². The smallest absolute Gasteiger partial charge is 0.439 e. The SMILES string of the molecule is O=C(c1ccc(SCC2COC2)o1)[N+](=O)[O-]. The standard InChI is InChI=1S/C9H9NO5S/c11-9(10(12)13)7-1-2-8(15-7)16-5-6-3-14-4-6/h1-2,6H,3-5H2. The Bertz CT molecular complexity index is 412. The molecule has 16 heavy (non-hydrogen) atoms. The van der Waals surface area contributed by atoms with Crippen LogP contribution in [0.25, 0.3) is 0 Å². The molecule has 2 rings (SSSR count). The van der Waals surface area contributed by atoms with Crippen LogP contribution in [0.4, 0.5) is 0 Å². The van der Waals surface area contributed by atoms with Crippen molar-refractivity contribution in [1.29, 1.82) is 0 Å². The first-order valence-corrected chi connectivity index (χ1v) is 5.64. The van der Waals surface area contributed by atoms with Gasteiger partial charge in [-0.25, -0.2) is 4.79 Å². The second-order valence-corrected chi connectivity index (χ2v) is 4.42. The molecule has 1 amide bonds. The first-order valence-electron chi connectivity index (χ1n) is 4.66. The summed E-state index contributed by atoms with van der Waals surface area (Å²) in [7, 11) is 0. The van der Waals surface area contributed by atoms with Crippen molar-refractivity contribution in [1.82, 2.24) is 0 Å². The van der Waals surface area contributed by atoms with Crippen LogP contribution in [0.3, 0.4) is 0 Å². The van der Waals surface area contributed by atoms with E-state index >= 15 is 0 Å². The average Bonchev–Trinajstić information content (AvgIpc) is 2.62. The summed E-state index contributed by atoms with van der Waals surface area (Å²) in [4.78, 5) is 20.2. The second kappa shape index (κ2) is 4.67. The highest BCUT2D eigenvalue weighted by Gasteiger charge is 2.24. The van der Waals surface area contributed by atoms with Gasteiger partial charge < -0.3 is 9.15 Å². The molecule has 0 atom stereocenters. The summed E-state index contributed by atoms with van der Waals surface area (Å²) in [6.45, 7) is 1.49. The third-order valence-electron chi connectivity index (χ3n) is 2.13. The fraction of sp³-hybridized carbons (Fsp3) is 0.444. The number of hydrogen-bond donors (Lipinski definition) is 0. The zero-order chi connectivity index (χ0) is 11.5. The van der Waals surface area contributed by atoms with Crippen molar-refractivity contribution >= 4 is 17.7 Å². The van der Waals surface area contributed by atoms with Gasteiger partial charge in [0.25, 0.3) is 0 Å². The van der Waals surface area contributed by atoms with Crippen molar-refractivity contribution < 1.29 is 18.9 Å². The number of carbonyl (C=O) groups is 1. The van der Waals surface area contributed by atoms with E-state index in [0.717, 1.165) is 19.0 Å². The largest absolute Gasteiger partial charge is 0.511 e. The monoisotopic (exact) mass is 243 g/mol. The maximum Gasteiger partial charge on any atom is 0.511 e. The van der Waals surface area contributed by atoms with E-state index in [1.807, 2.05) is 0 Å². The number of thioether (sulfide) groups is 1. The van der Waals surface area contributed by atoms with Gasteiger partial charge in [0.2, 0.25) is 5.76 Å². The molecule has 1 aliphatic heterocycles. The van der Waals surface area contributed by atoms with Crippen LogP contribution in [0.1, 0.15) is 10.6 Å². The van der Waals surface area contributed by atoms with Gasteiger partial charge in [0.15, 0.2) is 5.09 Å². The number of amides is 1. The number of furan rings is 1. The Kier molecular flexibility index (Phi) is 3.25. The molecule has 6 nitrogen and oxygen atoms in total. The third-order valence-corrected chi connectivity index (χ3v) is 3.27. The maximum absolute atomic E-state index is 10.9. The summed E-state index contributed by atoms with van der Waals surface area (Å²) < 4.78 is 10.1. The topological polar surface area (TPSA) is 82.6 Å². The maximum atomic E-state index is 10.9. The van der Waals surface area contributed by atoms with Crippen molar-refractivity contribution in [2.24, 2.45) is 5.92 Å². The lowest BCUT2D eigenvalue weighted by molar-refractivity contribution is -0.376. The van der Waals surface area contributed by atoms with Gasteiger partial charge in [0, 0.05) is 11.7 Å². The number of nitrogens with zero attached hydrogens (tertiary/aromatic N) is 1. The molecule has 7 heteroatoms. The number of hydrogen-bond acceptors (Lipinski definition) is 6. The van der Waals surface area contributed by atoms with Gasteiger partial charge in [-0.1, -0.05) is 11.8 Å². The van der Waals surface area contributed by atoms with Crippen LogP contribution in [0.5, 0.6) is 0 Å². The van der Waals surface area contributed by atoms with Gasteiger partial charge in [0.1, 0.15) is 4.92 Å². The van der Waals surface area contributed by atoms with Crippen LogP contribution in [-0.2, 0) is 4.74 Å².